The molecule has 4 nitrogen and oxygen atoms in total. The summed E-state index contributed by atoms with van der Waals surface area (Å²) in [6.07, 6.45) is 0.257. The fourth-order valence-corrected chi connectivity index (χ4v) is 3.06. The van der Waals surface area contributed by atoms with Gasteiger partial charge in [-0.1, -0.05) is 60.7 Å². The highest BCUT2D eigenvalue weighted by atomic mass is 16.5. The lowest BCUT2D eigenvalue weighted by Crippen LogP contribution is -2.43. The molecule has 0 saturated carbocycles. The largest absolute Gasteiger partial charge is 0.465 e. The van der Waals surface area contributed by atoms with E-state index in [1.807, 2.05) is 72.6 Å². The summed E-state index contributed by atoms with van der Waals surface area (Å²) in [7, 11) is 1.90. The number of carbonyl (C=O) groups excluding carboxylic acids is 1. The molecule has 0 aliphatic carbocycles. The lowest BCUT2D eigenvalue weighted by molar-refractivity contribution is -0.150. The Morgan fingerprint density at radius 2 is 1.72 bits per heavy atom. The average molecular weight is 336 g/mol. The van der Waals surface area contributed by atoms with Crippen LogP contribution in [0, 0.1) is 11.3 Å². The van der Waals surface area contributed by atoms with Crippen LogP contribution in [0.1, 0.15) is 30.4 Å². The van der Waals surface area contributed by atoms with Crippen molar-refractivity contribution in [2.45, 2.75) is 31.8 Å². The lowest BCUT2D eigenvalue weighted by atomic mass is 9.88. The van der Waals surface area contributed by atoms with Gasteiger partial charge in [0.05, 0.1) is 12.7 Å². The van der Waals surface area contributed by atoms with E-state index in [1.165, 1.54) is 0 Å². The van der Waals surface area contributed by atoms with E-state index in [0.717, 1.165) is 11.1 Å². The quantitative estimate of drug-likeness (QED) is 0.689. The van der Waals surface area contributed by atoms with E-state index < -0.39 is 6.04 Å². The van der Waals surface area contributed by atoms with Crippen molar-refractivity contribution in [1.82, 2.24) is 4.90 Å². The number of benzene rings is 2. The third kappa shape index (κ3) is 5.17. The summed E-state index contributed by atoms with van der Waals surface area (Å²) in [5.74, 6) is -0.524. The summed E-state index contributed by atoms with van der Waals surface area (Å²) in [5.41, 5.74) is 2.09. The van der Waals surface area contributed by atoms with Gasteiger partial charge >= 0.3 is 5.97 Å². The highest BCUT2D eigenvalue weighted by Crippen LogP contribution is 2.28. The van der Waals surface area contributed by atoms with Gasteiger partial charge in [0.2, 0.25) is 0 Å². The summed E-state index contributed by atoms with van der Waals surface area (Å²) < 4.78 is 5.32. The molecule has 25 heavy (non-hydrogen) atoms. The van der Waals surface area contributed by atoms with E-state index in [0.29, 0.717) is 13.2 Å². The molecule has 4 heteroatoms. The van der Waals surface area contributed by atoms with Crippen LogP contribution in [0.2, 0.25) is 0 Å². The number of esters is 1. The summed E-state index contributed by atoms with van der Waals surface area (Å²) in [6.45, 7) is 2.73. The maximum absolute atomic E-state index is 12.7. The zero-order chi connectivity index (χ0) is 18.1. The van der Waals surface area contributed by atoms with Crippen molar-refractivity contribution >= 4 is 5.97 Å². The molecule has 0 aromatic heterocycles. The lowest BCUT2D eigenvalue weighted by Gasteiger charge is -2.32. The second-order valence-electron chi connectivity index (χ2n) is 5.98. The molecular weight excluding hydrogens is 312 g/mol. The van der Waals surface area contributed by atoms with Crippen LogP contribution in [0.25, 0.3) is 0 Å². The molecule has 0 N–H and O–H groups in total. The average Bonchev–Trinajstić information content (AvgIpc) is 2.63. The molecule has 0 fully saturated rings. The first-order valence-corrected chi connectivity index (χ1v) is 8.50. The molecule has 2 aromatic carbocycles. The standard InChI is InChI=1S/C21H24N2O2/c1-3-25-21(24)20(23(2)16-17-10-6-4-7-11-17)19(14-15-22)18-12-8-5-9-13-18/h4-13,19-20H,3,14,16H2,1-2H3/t19-,20+/m0/s1. The van der Waals surface area contributed by atoms with Crippen molar-refractivity contribution in [2.75, 3.05) is 13.7 Å². The van der Waals surface area contributed by atoms with Crippen molar-refractivity contribution in [3.63, 3.8) is 0 Å². The van der Waals surface area contributed by atoms with Crippen molar-refractivity contribution < 1.29 is 9.53 Å². The number of hydrogen-bond acceptors (Lipinski definition) is 4. The number of likely N-dealkylation sites (N-methyl/N-ethyl adjacent to an activating group) is 1. The minimum absolute atomic E-state index is 0.237. The van der Waals surface area contributed by atoms with Crippen molar-refractivity contribution in [2.24, 2.45) is 0 Å². The van der Waals surface area contributed by atoms with Gasteiger partial charge in [0.15, 0.2) is 0 Å². The fourth-order valence-electron chi connectivity index (χ4n) is 3.06. The molecule has 0 aliphatic heterocycles. The van der Waals surface area contributed by atoms with Crippen LogP contribution in [-0.4, -0.2) is 30.6 Å². The number of rotatable bonds is 8. The van der Waals surface area contributed by atoms with Gasteiger partial charge in [0.1, 0.15) is 6.04 Å². The van der Waals surface area contributed by atoms with E-state index in [4.69, 9.17) is 4.74 Å². The Kier molecular flexibility index (Phi) is 7.18. The van der Waals surface area contributed by atoms with Gasteiger partial charge in [-0.05, 0) is 25.1 Å². The highest BCUT2D eigenvalue weighted by Gasteiger charge is 2.34. The molecule has 0 aliphatic rings. The van der Waals surface area contributed by atoms with Crippen LogP contribution in [0.15, 0.2) is 60.7 Å². The number of carbonyl (C=O) groups is 1. The first-order chi connectivity index (χ1) is 12.2. The Morgan fingerprint density at radius 3 is 2.28 bits per heavy atom. The van der Waals surface area contributed by atoms with Gasteiger partial charge in [-0.15, -0.1) is 0 Å². The maximum Gasteiger partial charge on any atom is 0.324 e. The van der Waals surface area contributed by atoms with E-state index >= 15 is 0 Å². The monoisotopic (exact) mass is 336 g/mol. The van der Waals surface area contributed by atoms with Crippen molar-refractivity contribution in [3.05, 3.63) is 71.8 Å². The molecule has 0 heterocycles. The minimum Gasteiger partial charge on any atom is -0.465 e. The summed E-state index contributed by atoms with van der Waals surface area (Å²) >= 11 is 0. The van der Waals surface area contributed by atoms with Gasteiger partial charge in [-0.25, -0.2) is 0 Å². The molecule has 130 valence electrons. The van der Waals surface area contributed by atoms with Crippen LogP contribution < -0.4 is 0 Å². The van der Waals surface area contributed by atoms with E-state index in [1.54, 1.807) is 6.92 Å². The first kappa shape index (κ1) is 18.7. The second kappa shape index (κ2) is 9.61. The minimum atomic E-state index is -0.512. The zero-order valence-corrected chi connectivity index (χ0v) is 14.8. The molecule has 0 spiro atoms. The van der Waals surface area contributed by atoms with Crippen molar-refractivity contribution in [1.29, 1.82) is 5.26 Å². The Bertz CT molecular complexity index is 695. The van der Waals surface area contributed by atoms with Crippen molar-refractivity contribution in [3.8, 4) is 6.07 Å². The highest BCUT2D eigenvalue weighted by molar-refractivity contribution is 5.77. The predicted octanol–water partition coefficient (Wildman–Crippen LogP) is 3.75. The van der Waals surface area contributed by atoms with Gasteiger partial charge in [0, 0.05) is 18.9 Å². The van der Waals surface area contributed by atoms with Crippen LogP contribution in [0.5, 0.6) is 0 Å². The van der Waals surface area contributed by atoms with Crippen LogP contribution in [0.4, 0.5) is 0 Å². The summed E-state index contributed by atoms with van der Waals surface area (Å²) in [5, 5.41) is 9.31. The Hall–Kier alpha value is -2.64. The van der Waals surface area contributed by atoms with E-state index in [2.05, 4.69) is 6.07 Å². The van der Waals surface area contributed by atoms with Crippen LogP contribution >= 0.6 is 0 Å². The maximum atomic E-state index is 12.7. The number of nitrogens with zero attached hydrogens (tertiary/aromatic N) is 2. The van der Waals surface area contributed by atoms with Crippen LogP contribution in [0.3, 0.4) is 0 Å². The summed E-state index contributed by atoms with van der Waals surface area (Å²) in [4.78, 5) is 14.7. The Labute approximate surface area is 149 Å². The normalized spacial score (nSPS) is 13.0. The van der Waals surface area contributed by atoms with Gasteiger partial charge in [0.25, 0.3) is 0 Å². The van der Waals surface area contributed by atoms with Gasteiger partial charge < -0.3 is 4.74 Å². The van der Waals surface area contributed by atoms with E-state index in [9.17, 15) is 10.1 Å². The molecule has 2 aromatic rings. The molecule has 0 amide bonds. The Balaban J connectivity index is 2.32. The molecule has 0 bridgehead atoms. The third-order valence-electron chi connectivity index (χ3n) is 4.20. The molecule has 0 saturated heterocycles. The fraction of sp³-hybridized carbons (Fsp3) is 0.333. The molecule has 0 unspecified atom stereocenters. The number of nitriles is 1. The molecule has 0 radical (unpaired) electrons. The smallest absolute Gasteiger partial charge is 0.324 e. The van der Waals surface area contributed by atoms with E-state index in [-0.39, 0.29) is 18.3 Å². The zero-order valence-electron chi connectivity index (χ0n) is 14.8. The molecule has 2 atom stereocenters. The van der Waals surface area contributed by atoms with Gasteiger partial charge in [-0.2, -0.15) is 5.26 Å². The topological polar surface area (TPSA) is 53.3 Å². The number of ether oxygens (including phenoxy) is 1. The number of hydrogen-bond donors (Lipinski definition) is 0. The van der Waals surface area contributed by atoms with Crippen LogP contribution in [-0.2, 0) is 16.1 Å². The molecular formula is C21H24N2O2. The Morgan fingerprint density at radius 1 is 1.12 bits per heavy atom. The third-order valence-corrected chi connectivity index (χ3v) is 4.20. The second-order valence-corrected chi connectivity index (χ2v) is 5.98. The summed E-state index contributed by atoms with van der Waals surface area (Å²) in [6, 6.07) is 21.4. The van der Waals surface area contributed by atoms with Gasteiger partial charge in [-0.3, -0.25) is 9.69 Å². The first-order valence-electron chi connectivity index (χ1n) is 8.50. The predicted molar refractivity (Wildman–Crippen MR) is 97.7 cm³/mol. The molecule has 2 rings (SSSR count). The SMILES string of the molecule is CCOC(=O)[C@@H]([C@@H](CC#N)c1ccccc1)N(C)Cc1ccccc1.